The Hall–Kier alpha value is -2.26. The van der Waals surface area contributed by atoms with Crippen molar-refractivity contribution < 1.29 is 19.1 Å². The van der Waals surface area contributed by atoms with E-state index in [1.54, 1.807) is 18.2 Å². The summed E-state index contributed by atoms with van der Waals surface area (Å²) in [6.45, 7) is 0. The van der Waals surface area contributed by atoms with Gasteiger partial charge in [0.1, 0.15) is 0 Å². The highest BCUT2D eigenvalue weighted by Crippen LogP contribution is 2.01. The Bertz CT molecular complexity index is 433. The van der Waals surface area contributed by atoms with E-state index in [0.717, 1.165) is 7.11 Å². The minimum absolute atomic E-state index is 0.300. The third kappa shape index (κ3) is 2.36. The van der Waals surface area contributed by atoms with Gasteiger partial charge in [-0.05, 0) is 0 Å². The van der Waals surface area contributed by atoms with Crippen molar-refractivity contribution in [1.29, 1.82) is 5.53 Å². The highest BCUT2D eigenvalue weighted by Gasteiger charge is 2.33. The standard InChI is InChI=1S/C10H9N2O3/c1-15-10(14)8(12-11)9(13)7-5-3-2-4-6-7/h2-6,11H,1H3/q+1. The van der Waals surface area contributed by atoms with Gasteiger partial charge in [0, 0.05) is 5.56 Å². The van der Waals surface area contributed by atoms with Gasteiger partial charge in [0.2, 0.25) is 0 Å². The van der Waals surface area contributed by atoms with E-state index in [0.29, 0.717) is 5.56 Å². The molecule has 5 heteroatoms. The van der Waals surface area contributed by atoms with Crippen LogP contribution in [-0.4, -0.2) is 29.4 Å². The van der Waals surface area contributed by atoms with Gasteiger partial charge in [-0.15, -0.1) is 0 Å². The number of Topliss-reactive ketones (excluding diaryl/α,β-unsaturated/α-hetero) is 1. The highest BCUT2D eigenvalue weighted by atomic mass is 16.5. The maximum absolute atomic E-state index is 11.6. The summed E-state index contributed by atoms with van der Waals surface area (Å²) in [5.74, 6) is -1.52. The van der Waals surface area contributed by atoms with Crippen LogP contribution in [0.25, 0.3) is 0 Å². The molecule has 0 aliphatic rings. The van der Waals surface area contributed by atoms with Crippen LogP contribution < -0.4 is 0 Å². The number of esters is 1. The molecule has 0 unspecified atom stereocenters. The summed E-state index contributed by atoms with van der Waals surface area (Å²) in [4.78, 5) is 25.6. The fourth-order valence-corrected chi connectivity index (χ4v) is 1.01. The number of hydrogen-bond donors (Lipinski definition) is 1. The molecule has 0 radical (unpaired) electrons. The van der Waals surface area contributed by atoms with Crippen molar-refractivity contribution in [1.82, 2.24) is 0 Å². The number of carbonyl (C=O) groups excluding carboxylic acids is 2. The first-order valence-corrected chi connectivity index (χ1v) is 4.13. The van der Waals surface area contributed by atoms with Crippen molar-refractivity contribution in [2.45, 2.75) is 0 Å². The molecule has 0 aliphatic heterocycles. The minimum atomic E-state index is -0.904. The van der Waals surface area contributed by atoms with Crippen molar-refractivity contribution in [3.63, 3.8) is 0 Å². The molecule has 1 rings (SSSR count). The Morgan fingerprint density at radius 2 is 1.87 bits per heavy atom. The average molecular weight is 205 g/mol. The number of ether oxygens (including phenoxy) is 1. The van der Waals surface area contributed by atoms with E-state index >= 15 is 0 Å². The van der Waals surface area contributed by atoms with Crippen molar-refractivity contribution >= 4 is 17.5 Å². The average Bonchev–Trinajstić information content (AvgIpc) is 2.30. The molecule has 0 spiro atoms. The van der Waals surface area contributed by atoms with E-state index in [1.165, 1.54) is 12.1 Å². The topological polar surface area (TPSA) is 81.3 Å². The van der Waals surface area contributed by atoms with Gasteiger partial charge in [-0.3, -0.25) is 4.79 Å². The van der Waals surface area contributed by atoms with Gasteiger partial charge in [0.15, 0.2) is 0 Å². The predicted octanol–water partition coefficient (Wildman–Crippen LogP) is 0.722. The second-order valence-corrected chi connectivity index (χ2v) is 2.65. The molecule has 0 saturated carbocycles. The number of nitrogens with zero attached hydrogens (tertiary/aromatic N) is 1. The van der Waals surface area contributed by atoms with Crippen molar-refractivity contribution in [3.8, 4) is 0 Å². The van der Waals surface area contributed by atoms with Crippen LogP contribution in [0.1, 0.15) is 10.4 Å². The maximum Gasteiger partial charge on any atom is 0.495 e. The maximum atomic E-state index is 11.6. The minimum Gasteiger partial charge on any atom is -0.460 e. The number of rotatable bonds is 3. The van der Waals surface area contributed by atoms with Gasteiger partial charge in [-0.25, -0.2) is 4.79 Å². The Morgan fingerprint density at radius 3 is 2.33 bits per heavy atom. The zero-order valence-electron chi connectivity index (χ0n) is 8.06. The molecule has 0 atom stereocenters. The number of nitrogens with one attached hydrogen (secondary N) is 1. The van der Waals surface area contributed by atoms with E-state index < -0.39 is 17.5 Å². The summed E-state index contributed by atoms with van der Waals surface area (Å²) < 4.78 is 4.34. The molecule has 0 aromatic heterocycles. The van der Waals surface area contributed by atoms with Crippen LogP contribution in [0.5, 0.6) is 0 Å². The van der Waals surface area contributed by atoms with E-state index in [9.17, 15) is 9.59 Å². The number of benzene rings is 1. The van der Waals surface area contributed by atoms with E-state index in [1.807, 2.05) is 0 Å². The molecule has 0 fully saturated rings. The second kappa shape index (κ2) is 4.83. The van der Waals surface area contributed by atoms with Crippen LogP contribution >= 0.6 is 0 Å². The Kier molecular flexibility index (Phi) is 3.49. The lowest BCUT2D eigenvalue weighted by Crippen LogP contribution is -2.26. The van der Waals surface area contributed by atoms with Crippen molar-refractivity contribution in [2.75, 3.05) is 7.11 Å². The molecule has 0 heterocycles. The van der Waals surface area contributed by atoms with Crippen LogP contribution in [0.4, 0.5) is 0 Å². The molecule has 1 aromatic carbocycles. The first kappa shape index (κ1) is 10.8. The van der Waals surface area contributed by atoms with Crippen LogP contribution in [0, 0.1) is 5.53 Å². The van der Waals surface area contributed by atoms with E-state index in [4.69, 9.17) is 5.53 Å². The van der Waals surface area contributed by atoms with Gasteiger partial charge >= 0.3 is 11.7 Å². The SMILES string of the molecule is COC(=O)C(=[N+]=N)C(=O)c1ccccc1. The van der Waals surface area contributed by atoms with E-state index in [-0.39, 0.29) is 0 Å². The summed E-state index contributed by atoms with van der Waals surface area (Å²) in [6, 6.07) is 8.14. The lowest BCUT2D eigenvalue weighted by molar-refractivity contribution is -0.149. The normalized spacial score (nSPS) is 8.87. The van der Waals surface area contributed by atoms with Gasteiger partial charge in [-0.1, -0.05) is 30.3 Å². The second-order valence-electron chi connectivity index (χ2n) is 2.65. The molecule has 1 N–H and O–H groups in total. The van der Waals surface area contributed by atoms with Gasteiger partial charge in [0.25, 0.3) is 5.78 Å². The largest absolute Gasteiger partial charge is 0.495 e. The van der Waals surface area contributed by atoms with Crippen LogP contribution in [0.2, 0.25) is 0 Å². The van der Waals surface area contributed by atoms with Gasteiger partial charge in [0.05, 0.1) is 17.4 Å². The van der Waals surface area contributed by atoms with Crippen LogP contribution in [0.3, 0.4) is 0 Å². The van der Waals surface area contributed by atoms with Crippen molar-refractivity contribution in [2.24, 2.45) is 0 Å². The molecule has 0 bridgehead atoms. The third-order valence-electron chi connectivity index (χ3n) is 1.74. The Morgan fingerprint density at radius 1 is 1.27 bits per heavy atom. The fourth-order valence-electron chi connectivity index (χ4n) is 1.01. The summed E-state index contributed by atoms with van der Waals surface area (Å²) >= 11 is 0. The first-order valence-electron chi connectivity index (χ1n) is 4.13. The molecule has 76 valence electrons. The molecule has 1 aromatic rings. The number of hydrogen-bond acceptors (Lipinski definition) is 4. The van der Waals surface area contributed by atoms with Crippen LogP contribution in [-0.2, 0) is 9.53 Å². The van der Waals surface area contributed by atoms with Gasteiger partial charge < -0.3 is 4.74 Å². The summed E-state index contributed by atoms with van der Waals surface area (Å²) in [7, 11) is 1.13. The number of methoxy groups -OCH3 is 1. The molecule has 0 saturated heterocycles. The monoisotopic (exact) mass is 205 g/mol. The third-order valence-corrected chi connectivity index (χ3v) is 1.74. The molecular formula is C10H9N2O3+. The van der Waals surface area contributed by atoms with Crippen molar-refractivity contribution in [3.05, 3.63) is 35.9 Å². The Balaban J connectivity index is 3.05. The first-order chi connectivity index (χ1) is 7.20. The zero-order chi connectivity index (χ0) is 11.3. The molecule has 0 aliphatic carbocycles. The summed E-state index contributed by atoms with van der Waals surface area (Å²) in [5.41, 5.74) is 6.52. The lowest BCUT2D eigenvalue weighted by Gasteiger charge is -1.93. The predicted molar refractivity (Wildman–Crippen MR) is 50.8 cm³/mol. The smallest absolute Gasteiger partial charge is 0.460 e. The molecule has 15 heavy (non-hydrogen) atoms. The van der Waals surface area contributed by atoms with Gasteiger partial charge in [-0.2, -0.15) is 0 Å². The van der Waals surface area contributed by atoms with E-state index in [2.05, 4.69) is 9.53 Å². The quantitative estimate of drug-likeness (QED) is 0.197. The molecule has 0 amide bonds. The number of ketones is 1. The summed E-state index contributed by atoms with van der Waals surface area (Å²) in [5, 5.41) is 0. The zero-order valence-corrected chi connectivity index (χ0v) is 8.06. The Labute approximate surface area is 85.9 Å². The summed E-state index contributed by atoms with van der Waals surface area (Å²) in [6.07, 6.45) is 0. The fraction of sp³-hybridized carbons (Fsp3) is 0.100. The highest BCUT2D eigenvalue weighted by molar-refractivity contribution is 6.65. The number of carbonyl (C=O) groups is 2. The lowest BCUT2D eigenvalue weighted by atomic mass is 10.1. The molecule has 5 nitrogen and oxygen atoms in total. The molecular weight excluding hydrogens is 196 g/mol. The van der Waals surface area contributed by atoms with Crippen LogP contribution in [0.15, 0.2) is 30.3 Å².